The van der Waals surface area contributed by atoms with E-state index < -0.39 is 29.9 Å². The molecule has 3 aromatic carbocycles. The Hall–Kier alpha value is -4.68. The number of carbonyl (C=O) groups is 4. The van der Waals surface area contributed by atoms with Crippen LogP contribution in [0.2, 0.25) is 10.0 Å². The van der Waals surface area contributed by atoms with Crippen LogP contribution in [0.1, 0.15) is 26.3 Å². The normalized spacial score (nSPS) is 18.0. The number of halogens is 2. The van der Waals surface area contributed by atoms with E-state index in [-0.39, 0.29) is 60.6 Å². The van der Waals surface area contributed by atoms with E-state index >= 15 is 0 Å². The first kappa shape index (κ1) is 31.7. The lowest BCUT2D eigenvalue weighted by Gasteiger charge is -2.22. The molecular formula is C31H30Cl2N4O8. The Kier molecular flexibility index (Phi) is 9.84. The molecule has 0 aliphatic carbocycles. The minimum atomic E-state index is -0.680. The van der Waals surface area contributed by atoms with E-state index in [2.05, 4.69) is 16.0 Å². The molecular weight excluding hydrogens is 627 g/mol. The molecule has 4 bridgehead atoms. The molecule has 236 valence electrons. The van der Waals surface area contributed by atoms with Crippen molar-refractivity contribution in [3.63, 3.8) is 0 Å². The molecule has 0 aromatic heterocycles. The maximum Gasteiger partial charge on any atom is 0.258 e. The molecule has 4 amide bonds. The number of carbonyl (C=O) groups excluding carboxylic acids is 4. The smallest absolute Gasteiger partial charge is 0.258 e. The number of ether oxygens (including phenoxy) is 4. The van der Waals surface area contributed by atoms with E-state index in [4.69, 9.17) is 42.1 Å². The summed E-state index contributed by atoms with van der Waals surface area (Å²) in [5.41, 5.74) is 1.13. The monoisotopic (exact) mass is 656 g/mol. The molecule has 14 heteroatoms. The van der Waals surface area contributed by atoms with Crippen molar-refractivity contribution in [2.24, 2.45) is 0 Å². The predicted octanol–water partition coefficient (Wildman–Crippen LogP) is 2.84. The van der Waals surface area contributed by atoms with Crippen LogP contribution >= 0.6 is 23.2 Å². The number of nitrogens with one attached hydrogen (secondary N) is 3. The summed E-state index contributed by atoms with van der Waals surface area (Å²) in [6, 6.07) is 13.6. The van der Waals surface area contributed by atoms with Crippen molar-refractivity contribution in [2.75, 3.05) is 40.5 Å². The molecule has 0 unspecified atom stereocenters. The van der Waals surface area contributed by atoms with Crippen LogP contribution in [0.4, 0.5) is 0 Å². The van der Waals surface area contributed by atoms with Gasteiger partial charge in [-0.15, -0.1) is 0 Å². The molecule has 1 fully saturated rings. The highest BCUT2D eigenvalue weighted by Gasteiger charge is 2.38. The summed E-state index contributed by atoms with van der Waals surface area (Å²) in [4.78, 5) is 53.4. The Morgan fingerprint density at radius 2 is 1.78 bits per heavy atom. The number of hydrogen-bond donors (Lipinski definition) is 3. The number of fused-ring (bicyclic) bond motifs is 7. The van der Waals surface area contributed by atoms with E-state index in [0.717, 1.165) is 5.56 Å². The quantitative estimate of drug-likeness (QED) is 0.380. The third-order valence-electron chi connectivity index (χ3n) is 7.29. The number of rotatable bonds is 5. The molecule has 3 N–H and O–H groups in total. The fourth-order valence-corrected chi connectivity index (χ4v) is 5.31. The Morgan fingerprint density at radius 1 is 0.978 bits per heavy atom. The van der Waals surface area contributed by atoms with Crippen LogP contribution in [-0.4, -0.2) is 81.1 Å². The van der Waals surface area contributed by atoms with Crippen LogP contribution in [0.25, 0.3) is 0 Å². The second kappa shape index (κ2) is 14.0. The van der Waals surface area contributed by atoms with Crippen molar-refractivity contribution in [1.82, 2.24) is 20.9 Å². The van der Waals surface area contributed by atoms with Crippen LogP contribution in [0.3, 0.4) is 0 Å². The van der Waals surface area contributed by atoms with Gasteiger partial charge in [0.05, 0.1) is 43.9 Å². The van der Waals surface area contributed by atoms with E-state index in [9.17, 15) is 19.2 Å². The molecule has 3 aliphatic heterocycles. The van der Waals surface area contributed by atoms with Crippen LogP contribution in [0.15, 0.2) is 54.6 Å². The molecule has 3 heterocycles. The first-order chi connectivity index (χ1) is 21.6. The molecule has 2 atom stereocenters. The van der Waals surface area contributed by atoms with Gasteiger partial charge in [-0.3, -0.25) is 19.2 Å². The van der Waals surface area contributed by atoms with E-state index in [1.165, 1.54) is 37.3 Å². The van der Waals surface area contributed by atoms with Crippen molar-refractivity contribution in [1.29, 1.82) is 0 Å². The standard InChI is InChI=1S/C31H30Cl2N4O8/c1-42-23-8-4-18-10-26(23)44-16-28(38)34-12-17-3-7-24(25(9-17)43-2)45-27-15-37(14-22(27)36-30(18)40)29(39)13-35-31(41)20-11-19(32)5-6-21(20)33/h3-11,22,27H,12-16H2,1-2H3,(H,34,38)(H,35,41)(H,36,40)/t22-,27-/m0/s1. The highest BCUT2D eigenvalue weighted by Crippen LogP contribution is 2.32. The van der Waals surface area contributed by atoms with Gasteiger partial charge in [-0.05, 0) is 54.1 Å². The van der Waals surface area contributed by atoms with E-state index in [1.54, 1.807) is 36.4 Å². The second-order valence-electron chi connectivity index (χ2n) is 10.3. The number of benzene rings is 3. The third kappa shape index (κ3) is 7.52. The lowest BCUT2D eigenvalue weighted by Crippen LogP contribution is -2.45. The molecule has 3 aliphatic rings. The summed E-state index contributed by atoms with van der Waals surface area (Å²) in [7, 11) is 2.94. The molecule has 6 rings (SSSR count). The summed E-state index contributed by atoms with van der Waals surface area (Å²) in [6.07, 6.45) is -0.680. The van der Waals surface area contributed by atoms with Crippen LogP contribution < -0.4 is 34.9 Å². The minimum absolute atomic E-state index is 0.0986. The van der Waals surface area contributed by atoms with Crippen LogP contribution in [0.5, 0.6) is 23.0 Å². The highest BCUT2D eigenvalue weighted by molar-refractivity contribution is 6.35. The molecule has 3 aromatic rings. The van der Waals surface area contributed by atoms with Crippen molar-refractivity contribution >= 4 is 46.8 Å². The fraction of sp³-hybridized carbons (Fsp3) is 0.290. The lowest BCUT2D eigenvalue weighted by atomic mass is 10.1. The largest absolute Gasteiger partial charge is 0.493 e. The van der Waals surface area contributed by atoms with Gasteiger partial charge in [0.15, 0.2) is 29.6 Å². The molecule has 12 nitrogen and oxygen atoms in total. The van der Waals surface area contributed by atoms with Crippen molar-refractivity contribution in [3.05, 3.63) is 81.3 Å². The Bertz CT molecular complexity index is 1640. The summed E-state index contributed by atoms with van der Waals surface area (Å²) < 4.78 is 22.9. The second-order valence-corrected chi connectivity index (χ2v) is 11.1. The predicted molar refractivity (Wildman–Crippen MR) is 164 cm³/mol. The van der Waals surface area contributed by atoms with Gasteiger partial charge in [0.1, 0.15) is 6.10 Å². The van der Waals surface area contributed by atoms with Gasteiger partial charge in [0.2, 0.25) is 5.91 Å². The highest BCUT2D eigenvalue weighted by atomic mass is 35.5. The fourth-order valence-electron chi connectivity index (χ4n) is 4.93. The molecule has 45 heavy (non-hydrogen) atoms. The number of hydrogen-bond acceptors (Lipinski definition) is 8. The van der Waals surface area contributed by atoms with Crippen molar-refractivity contribution in [3.8, 4) is 23.0 Å². The van der Waals surface area contributed by atoms with Crippen LogP contribution in [-0.2, 0) is 16.1 Å². The van der Waals surface area contributed by atoms with E-state index in [0.29, 0.717) is 22.3 Å². The molecule has 1 saturated heterocycles. The Morgan fingerprint density at radius 3 is 2.56 bits per heavy atom. The zero-order chi connectivity index (χ0) is 32.1. The number of methoxy groups -OCH3 is 2. The SMILES string of the molecule is COc1ccc2cc1OCC(=O)NCc1ccc(c(OC)c1)O[C@H]1CN(C(=O)CNC(=O)c3cc(Cl)ccc3Cl)C[C@@H]1NC2=O. The molecule has 0 radical (unpaired) electrons. The topological polar surface area (TPSA) is 145 Å². The van der Waals surface area contributed by atoms with Gasteiger partial charge in [-0.2, -0.15) is 0 Å². The van der Waals surface area contributed by atoms with Gasteiger partial charge in [0, 0.05) is 23.7 Å². The van der Waals surface area contributed by atoms with Gasteiger partial charge in [-0.25, -0.2) is 0 Å². The van der Waals surface area contributed by atoms with E-state index in [1.807, 2.05) is 0 Å². The average molecular weight is 658 g/mol. The summed E-state index contributed by atoms with van der Waals surface area (Å²) in [5.74, 6) is -0.448. The summed E-state index contributed by atoms with van der Waals surface area (Å²) in [5, 5.41) is 8.84. The van der Waals surface area contributed by atoms with Crippen molar-refractivity contribution in [2.45, 2.75) is 18.7 Å². The van der Waals surface area contributed by atoms with Gasteiger partial charge >= 0.3 is 0 Å². The maximum atomic E-state index is 13.4. The first-order valence-electron chi connectivity index (χ1n) is 13.9. The zero-order valence-electron chi connectivity index (χ0n) is 24.4. The minimum Gasteiger partial charge on any atom is -0.493 e. The maximum absolute atomic E-state index is 13.4. The number of amides is 4. The van der Waals surface area contributed by atoms with Gasteiger partial charge in [-0.1, -0.05) is 29.3 Å². The van der Waals surface area contributed by atoms with Gasteiger partial charge < -0.3 is 39.8 Å². The molecule has 0 spiro atoms. The first-order valence-corrected chi connectivity index (χ1v) is 14.6. The Labute approximate surface area is 268 Å². The summed E-state index contributed by atoms with van der Waals surface area (Å²) in [6.45, 7) is -0.215. The molecule has 0 saturated carbocycles. The third-order valence-corrected chi connectivity index (χ3v) is 7.85. The number of nitrogens with zero attached hydrogens (tertiary/aromatic N) is 1. The van der Waals surface area contributed by atoms with Crippen molar-refractivity contribution < 1.29 is 38.1 Å². The number of likely N-dealkylation sites (tertiary alicyclic amines) is 1. The van der Waals surface area contributed by atoms with Gasteiger partial charge in [0.25, 0.3) is 17.7 Å². The average Bonchev–Trinajstić information content (AvgIpc) is 3.44. The summed E-state index contributed by atoms with van der Waals surface area (Å²) >= 11 is 12.1. The lowest BCUT2D eigenvalue weighted by molar-refractivity contribution is -0.129. The Balaban J connectivity index is 1.39. The van der Waals surface area contributed by atoms with Crippen LogP contribution in [0, 0.1) is 0 Å². The zero-order valence-corrected chi connectivity index (χ0v) is 25.9.